The number of aryl methyl sites for hydroxylation is 3. The van der Waals surface area contributed by atoms with Gasteiger partial charge in [-0.05, 0) is 68.3 Å². The summed E-state index contributed by atoms with van der Waals surface area (Å²) in [5.74, 6) is -0.456. The predicted octanol–water partition coefficient (Wildman–Crippen LogP) is 4.57. The van der Waals surface area contributed by atoms with Crippen LogP contribution in [0.15, 0.2) is 65.6 Å². The summed E-state index contributed by atoms with van der Waals surface area (Å²) in [5.41, 5.74) is 3.12. The molecule has 9 heteroatoms. The Morgan fingerprint density at radius 1 is 0.903 bits per heavy atom. The first-order valence-electron chi connectivity index (χ1n) is 9.34. The molecule has 0 unspecified atom stereocenters. The summed E-state index contributed by atoms with van der Waals surface area (Å²) < 4.78 is 28.1. The van der Waals surface area contributed by atoms with Gasteiger partial charge in [0.05, 0.1) is 15.5 Å². The summed E-state index contributed by atoms with van der Waals surface area (Å²) in [7, 11) is -3.80. The Bertz CT molecular complexity index is 1250. The van der Waals surface area contributed by atoms with Crippen LogP contribution in [0.5, 0.6) is 0 Å². The number of benzene rings is 3. The number of nitrogens with one attached hydrogen (secondary N) is 2. The zero-order valence-corrected chi connectivity index (χ0v) is 18.0. The molecule has 0 aliphatic rings. The van der Waals surface area contributed by atoms with Crippen molar-refractivity contribution in [2.24, 2.45) is 0 Å². The number of carbonyl (C=O) groups excluding carboxylic acids is 1. The van der Waals surface area contributed by atoms with E-state index in [1.54, 1.807) is 6.92 Å². The van der Waals surface area contributed by atoms with Gasteiger partial charge in [-0.3, -0.25) is 19.6 Å². The average molecular weight is 439 g/mol. The molecule has 160 valence electrons. The van der Waals surface area contributed by atoms with E-state index >= 15 is 0 Å². The zero-order valence-electron chi connectivity index (χ0n) is 17.2. The molecule has 2 N–H and O–H groups in total. The molecule has 0 saturated heterocycles. The normalized spacial score (nSPS) is 11.1. The lowest BCUT2D eigenvalue weighted by Gasteiger charge is -2.13. The molecule has 0 fully saturated rings. The van der Waals surface area contributed by atoms with E-state index < -0.39 is 20.9 Å². The monoisotopic (exact) mass is 439 g/mol. The van der Waals surface area contributed by atoms with Gasteiger partial charge >= 0.3 is 0 Å². The SMILES string of the molecule is Cc1cc(C(=O)Nc2ccc(S(=O)(=O)Nc3c(C)cccc3C)cc2)ccc1[N+](=O)[O-]. The van der Waals surface area contributed by atoms with Gasteiger partial charge < -0.3 is 5.32 Å². The smallest absolute Gasteiger partial charge is 0.272 e. The summed E-state index contributed by atoms with van der Waals surface area (Å²) in [4.78, 5) is 22.9. The van der Waals surface area contributed by atoms with Gasteiger partial charge in [0.25, 0.3) is 21.6 Å². The Hall–Kier alpha value is -3.72. The van der Waals surface area contributed by atoms with Crippen molar-refractivity contribution in [3.63, 3.8) is 0 Å². The average Bonchev–Trinajstić information content (AvgIpc) is 2.71. The van der Waals surface area contributed by atoms with Crippen LogP contribution in [0.4, 0.5) is 17.1 Å². The molecule has 31 heavy (non-hydrogen) atoms. The lowest BCUT2D eigenvalue weighted by molar-refractivity contribution is -0.385. The summed E-state index contributed by atoms with van der Waals surface area (Å²) in [6.45, 7) is 5.20. The molecule has 0 bridgehead atoms. The van der Waals surface area contributed by atoms with Gasteiger partial charge in [-0.2, -0.15) is 0 Å². The molecule has 0 atom stereocenters. The van der Waals surface area contributed by atoms with E-state index in [0.29, 0.717) is 16.9 Å². The molecular formula is C22H21N3O5S. The van der Waals surface area contributed by atoms with E-state index in [2.05, 4.69) is 10.0 Å². The number of hydrogen-bond acceptors (Lipinski definition) is 5. The topological polar surface area (TPSA) is 118 Å². The quantitative estimate of drug-likeness (QED) is 0.431. The Morgan fingerprint density at radius 2 is 1.52 bits per heavy atom. The maximum Gasteiger partial charge on any atom is 0.272 e. The van der Waals surface area contributed by atoms with Crippen molar-refractivity contribution in [2.75, 3.05) is 10.0 Å². The Morgan fingerprint density at radius 3 is 2.06 bits per heavy atom. The standard InChI is InChI=1S/C22H21N3O5S/c1-14-5-4-6-15(2)21(14)24-31(29,30)19-10-8-18(9-11-19)23-22(26)17-7-12-20(25(27)28)16(3)13-17/h4-13,24H,1-3H3,(H,23,26). The van der Waals surface area contributed by atoms with Crippen molar-refractivity contribution in [1.29, 1.82) is 0 Å². The molecule has 3 rings (SSSR count). The van der Waals surface area contributed by atoms with E-state index in [0.717, 1.165) is 11.1 Å². The minimum Gasteiger partial charge on any atom is -0.322 e. The second-order valence-corrected chi connectivity index (χ2v) is 8.79. The van der Waals surface area contributed by atoms with Gasteiger partial charge in [0, 0.05) is 22.9 Å². The highest BCUT2D eigenvalue weighted by atomic mass is 32.2. The molecule has 0 aliphatic carbocycles. The fraction of sp³-hybridized carbons (Fsp3) is 0.136. The van der Waals surface area contributed by atoms with E-state index in [4.69, 9.17) is 0 Å². The summed E-state index contributed by atoms with van der Waals surface area (Å²) >= 11 is 0. The van der Waals surface area contributed by atoms with Crippen LogP contribution >= 0.6 is 0 Å². The van der Waals surface area contributed by atoms with Gasteiger partial charge in [-0.25, -0.2) is 8.42 Å². The lowest BCUT2D eigenvalue weighted by atomic mass is 10.1. The van der Waals surface area contributed by atoms with Gasteiger partial charge in [0.2, 0.25) is 0 Å². The summed E-state index contributed by atoms with van der Waals surface area (Å²) in [5, 5.41) is 13.6. The molecule has 0 aromatic heterocycles. The highest BCUT2D eigenvalue weighted by Gasteiger charge is 2.17. The number of rotatable bonds is 6. The molecule has 3 aromatic rings. The van der Waals surface area contributed by atoms with Crippen LogP contribution in [0.1, 0.15) is 27.0 Å². The van der Waals surface area contributed by atoms with Crippen LogP contribution in [0.3, 0.4) is 0 Å². The molecule has 0 saturated carbocycles. The third-order valence-corrected chi connectivity index (χ3v) is 6.16. The highest BCUT2D eigenvalue weighted by Crippen LogP contribution is 2.24. The number of carbonyl (C=O) groups is 1. The molecule has 8 nitrogen and oxygen atoms in total. The Labute approximate surface area is 180 Å². The van der Waals surface area contributed by atoms with Crippen LogP contribution < -0.4 is 10.0 Å². The first-order chi connectivity index (χ1) is 14.6. The molecule has 0 spiro atoms. The molecule has 3 aromatic carbocycles. The number of amides is 1. The third kappa shape index (κ3) is 4.89. The number of hydrogen-bond donors (Lipinski definition) is 2. The minimum atomic E-state index is -3.80. The van der Waals surface area contributed by atoms with Gasteiger partial charge in [0.15, 0.2) is 0 Å². The summed E-state index contributed by atoms with van der Waals surface area (Å²) in [6, 6.07) is 15.3. The van der Waals surface area contributed by atoms with Gasteiger partial charge in [0.1, 0.15) is 0 Å². The van der Waals surface area contributed by atoms with Crippen molar-refractivity contribution in [3.8, 4) is 0 Å². The van der Waals surface area contributed by atoms with E-state index in [-0.39, 0.29) is 16.1 Å². The molecule has 0 radical (unpaired) electrons. The highest BCUT2D eigenvalue weighted by molar-refractivity contribution is 7.92. The van der Waals surface area contributed by atoms with Crippen LogP contribution in [-0.2, 0) is 10.0 Å². The predicted molar refractivity (Wildman–Crippen MR) is 119 cm³/mol. The molecule has 0 heterocycles. The number of anilines is 2. The van der Waals surface area contributed by atoms with Crippen molar-refractivity contribution in [1.82, 2.24) is 0 Å². The van der Waals surface area contributed by atoms with Crippen molar-refractivity contribution >= 4 is 33.0 Å². The second kappa shape index (κ2) is 8.57. The van der Waals surface area contributed by atoms with Crippen LogP contribution in [0.25, 0.3) is 0 Å². The maximum absolute atomic E-state index is 12.7. The van der Waals surface area contributed by atoms with E-state index in [1.165, 1.54) is 42.5 Å². The van der Waals surface area contributed by atoms with Gasteiger partial charge in [-0.15, -0.1) is 0 Å². The van der Waals surface area contributed by atoms with E-state index in [1.807, 2.05) is 32.0 Å². The number of sulfonamides is 1. The maximum atomic E-state index is 12.7. The van der Waals surface area contributed by atoms with Crippen molar-refractivity contribution in [3.05, 3.63) is 93.0 Å². The van der Waals surface area contributed by atoms with Crippen LogP contribution in [-0.4, -0.2) is 19.2 Å². The Balaban J connectivity index is 1.76. The first-order valence-corrected chi connectivity index (χ1v) is 10.8. The van der Waals surface area contributed by atoms with Gasteiger partial charge in [-0.1, -0.05) is 18.2 Å². The fourth-order valence-corrected chi connectivity index (χ4v) is 4.29. The second-order valence-electron chi connectivity index (χ2n) is 7.11. The van der Waals surface area contributed by atoms with E-state index in [9.17, 15) is 23.3 Å². The van der Waals surface area contributed by atoms with Crippen molar-refractivity contribution in [2.45, 2.75) is 25.7 Å². The third-order valence-electron chi connectivity index (χ3n) is 4.80. The number of para-hydroxylation sites is 1. The lowest BCUT2D eigenvalue weighted by Crippen LogP contribution is -2.15. The van der Waals surface area contributed by atoms with Crippen LogP contribution in [0, 0.1) is 30.9 Å². The largest absolute Gasteiger partial charge is 0.322 e. The minimum absolute atomic E-state index is 0.0549. The Kier molecular flexibility index (Phi) is 6.07. The van der Waals surface area contributed by atoms with Crippen LogP contribution in [0.2, 0.25) is 0 Å². The molecule has 1 amide bonds. The number of nitrogens with zero attached hydrogens (tertiary/aromatic N) is 1. The number of nitro benzene ring substituents is 1. The fourth-order valence-electron chi connectivity index (χ4n) is 3.09. The molecule has 0 aliphatic heterocycles. The van der Waals surface area contributed by atoms with Crippen molar-refractivity contribution < 1.29 is 18.1 Å². The number of nitro groups is 1. The molecular weight excluding hydrogens is 418 g/mol. The summed E-state index contributed by atoms with van der Waals surface area (Å²) in [6.07, 6.45) is 0. The zero-order chi connectivity index (χ0) is 22.8. The first kappa shape index (κ1) is 22.0.